The van der Waals surface area contributed by atoms with Crippen LogP contribution in [0, 0.1) is 0 Å². The normalized spacial score (nSPS) is 15.3. The van der Waals surface area contributed by atoms with Crippen LogP contribution < -0.4 is 5.32 Å². The van der Waals surface area contributed by atoms with Crippen LogP contribution in [-0.2, 0) is 9.84 Å². The van der Waals surface area contributed by atoms with Gasteiger partial charge in [-0.25, -0.2) is 8.42 Å². The summed E-state index contributed by atoms with van der Waals surface area (Å²) >= 11 is 1.78. The highest BCUT2D eigenvalue weighted by atomic mass is 32.2. The molecule has 0 saturated heterocycles. The van der Waals surface area contributed by atoms with E-state index in [-0.39, 0.29) is 22.3 Å². The van der Waals surface area contributed by atoms with Crippen LogP contribution in [0.2, 0.25) is 0 Å². The van der Waals surface area contributed by atoms with Gasteiger partial charge >= 0.3 is 0 Å². The molecule has 0 fully saturated rings. The summed E-state index contributed by atoms with van der Waals surface area (Å²) in [7, 11) is -2.86. The molecule has 0 aromatic rings. The maximum Gasteiger partial charge on any atom is 0.151 e. The summed E-state index contributed by atoms with van der Waals surface area (Å²) in [5.74, 6) is 0.457. The highest BCUT2D eigenvalue weighted by molar-refractivity contribution is 7.99. The number of sulfone groups is 1. The van der Waals surface area contributed by atoms with Gasteiger partial charge in [0.1, 0.15) is 0 Å². The molecule has 0 saturated carbocycles. The monoisotopic (exact) mass is 253 g/mol. The van der Waals surface area contributed by atoms with Crippen molar-refractivity contribution >= 4 is 21.6 Å². The van der Waals surface area contributed by atoms with Crippen molar-refractivity contribution < 1.29 is 8.42 Å². The van der Waals surface area contributed by atoms with Crippen molar-refractivity contribution in [2.75, 3.05) is 24.3 Å². The minimum absolute atomic E-state index is 0.0291. The Labute approximate surface area is 98.3 Å². The van der Waals surface area contributed by atoms with Crippen LogP contribution in [0.5, 0.6) is 0 Å². The fourth-order valence-electron chi connectivity index (χ4n) is 1.05. The SMILES string of the molecule is CCS(=O)(=O)CC(C)NCC(C)(C)SC. The first-order chi connectivity index (χ1) is 6.72. The second-order valence-corrected chi connectivity index (χ2v) is 8.36. The molecule has 1 atom stereocenters. The Kier molecular flexibility index (Phi) is 6.21. The number of rotatable bonds is 7. The molecule has 3 nitrogen and oxygen atoms in total. The molecule has 1 N–H and O–H groups in total. The van der Waals surface area contributed by atoms with E-state index in [1.54, 1.807) is 18.7 Å². The molecule has 92 valence electrons. The standard InChI is InChI=1S/C10H23NO2S2/c1-6-15(12,13)7-9(2)11-8-10(3,4)14-5/h9,11H,6-8H2,1-5H3. The molecular formula is C10H23NO2S2. The molecule has 0 aliphatic heterocycles. The molecule has 0 spiro atoms. The summed E-state index contributed by atoms with van der Waals surface area (Å²) in [6, 6.07) is 0.0291. The minimum atomic E-state index is -2.86. The van der Waals surface area contributed by atoms with Crippen molar-refractivity contribution in [2.45, 2.75) is 38.5 Å². The summed E-state index contributed by atoms with van der Waals surface area (Å²) in [4.78, 5) is 0. The van der Waals surface area contributed by atoms with Gasteiger partial charge in [-0.05, 0) is 27.0 Å². The van der Waals surface area contributed by atoms with Gasteiger partial charge < -0.3 is 5.32 Å². The fourth-order valence-corrected chi connectivity index (χ4v) is 2.39. The third kappa shape index (κ3) is 7.19. The quantitative estimate of drug-likeness (QED) is 0.747. The third-order valence-electron chi connectivity index (χ3n) is 2.37. The maximum absolute atomic E-state index is 11.4. The molecule has 0 aliphatic carbocycles. The summed E-state index contributed by atoms with van der Waals surface area (Å²) in [5.41, 5.74) is 0. The molecule has 0 bridgehead atoms. The average molecular weight is 253 g/mol. The Morgan fingerprint density at radius 3 is 2.33 bits per heavy atom. The first-order valence-electron chi connectivity index (χ1n) is 5.21. The van der Waals surface area contributed by atoms with Crippen LogP contribution in [-0.4, -0.2) is 43.5 Å². The average Bonchev–Trinajstić information content (AvgIpc) is 2.15. The lowest BCUT2D eigenvalue weighted by Gasteiger charge is -2.25. The van der Waals surface area contributed by atoms with Crippen molar-refractivity contribution in [3.63, 3.8) is 0 Å². The lowest BCUT2D eigenvalue weighted by molar-refractivity contribution is 0.523. The molecule has 0 heterocycles. The van der Waals surface area contributed by atoms with Gasteiger partial charge in [0.05, 0.1) is 5.75 Å². The van der Waals surface area contributed by atoms with E-state index in [2.05, 4.69) is 25.4 Å². The fraction of sp³-hybridized carbons (Fsp3) is 1.00. The van der Waals surface area contributed by atoms with Gasteiger partial charge in [-0.15, -0.1) is 0 Å². The Bertz CT molecular complexity index is 273. The number of hydrogen-bond acceptors (Lipinski definition) is 4. The van der Waals surface area contributed by atoms with Crippen LogP contribution in [0.25, 0.3) is 0 Å². The summed E-state index contributed by atoms with van der Waals surface area (Å²) in [6.45, 7) is 8.73. The first-order valence-corrected chi connectivity index (χ1v) is 8.26. The lowest BCUT2D eigenvalue weighted by atomic mass is 10.2. The van der Waals surface area contributed by atoms with Crippen molar-refractivity contribution in [3.8, 4) is 0 Å². The van der Waals surface area contributed by atoms with E-state index in [0.29, 0.717) is 0 Å². The van der Waals surface area contributed by atoms with E-state index in [1.165, 1.54) is 0 Å². The van der Waals surface area contributed by atoms with Crippen LogP contribution in [0.1, 0.15) is 27.7 Å². The van der Waals surface area contributed by atoms with Crippen molar-refractivity contribution in [1.82, 2.24) is 5.32 Å². The molecule has 0 aromatic heterocycles. The summed E-state index contributed by atoms with van der Waals surface area (Å²) in [6.07, 6.45) is 2.06. The Morgan fingerprint density at radius 2 is 1.93 bits per heavy atom. The summed E-state index contributed by atoms with van der Waals surface area (Å²) in [5, 5.41) is 3.26. The first kappa shape index (κ1) is 15.3. The molecule has 15 heavy (non-hydrogen) atoms. The van der Waals surface area contributed by atoms with Gasteiger partial charge in [0, 0.05) is 23.1 Å². The Morgan fingerprint density at radius 1 is 1.40 bits per heavy atom. The van der Waals surface area contributed by atoms with Crippen LogP contribution in [0.4, 0.5) is 0 Å². The molecule has 0 amide bonds. The smallest absolute Gasteiger partial charge is 0.151 e. The van der Waals surface area contributed by atoms with Gasteiger partial charge in [0.2, 0.25) is 0 Å². The molecular weight excluding hydrogens is 230 g/mol. The Balaban J connectivity index is 4.01. The van der Waals surface area contributed by atoms with Gasteiger partial charge in [0.25, 0.3) is 0 Å². The molecule has 0 aromatic carbocycles. The highest BCUT2D eigenvalue weighted by Crippen LogP contribution is 2.19. The van der Waals surface area contributed by atoms with Crippen molar-refractivity contribution in [2.24, 2.45) is 0 Å². The molecule has 0 aliphatic rings. The van der Waals surface area contributed by atoms with Gasteiger partial charge in [-0.2, -0.15) is 11.8 Å². The predicted octanol–water partition coefficient (Wildman–Crippen LogP) is 1.54. The lowest BCUT2D eigenvalue weighted by Crippen LogP contribution is -2.40. The topological polar surface area (TPSA) is 46.2 Å². The predicted molar refractivity (Wildman–Crippen MR) is 69.4 cm³/mol. The zero-order valence-corrected chi connectivity index (χ0v) is 12.0. The van der Waals surface area contributed by atoms with E-state index < -0.39 is 9.84 Å². The highest BCUT2D eigenvalue weighted by Gasteiger charge is 2.19. The van der Waals surface area contributed by atoms with E-state index in [9.17, 15) is 8.42 Å². The van der Waals surface area contributed by atoms with Crippen LogP contribution in [0.3, 0.4) is 0 Å². The molecule has 0 rings (SSSR count). The second kappa shape index (κ2) is 6.11. The maximum atomic E-state index is 11.4. The zero-order valence-electron chi connectivity index (χ0n) is 10.3. The Hall–Kier alpha value is 0.260. The van der Waals surface area contributed by atoms with Crippen molar-refractivity contribution in [1.29, 1.82) is 0 Å². The third-order valence-corrected chi connectivity index (χ3v) is 5.51. The van der Waals surface area contributed by atoms with Gasteiger partial charge in [-0.3, -0.25) is 0 Å². The minimum Gasteiger partial charge on any atom is -0.312 e. The van der Waals surface area contributed by atoms with Gasteiger partial charge in [-0.1, -0.05) is 6.92 Å². The van der Waals surface area contributed by atoms with E-state index in [0.717, 1.165) is 6.54 Å². The van der Waals surface area contributed by atoms with Crippen molar-refractivity contribution in [3.05, 3.63) is 0 Å². The number of thioether (sulfide) groups is 1. The zero-order chi connectivity index (χ0) is 12.1. The van der Waals surface area contributed by atoms with E-state index >= 15 is 0 Å². The largest absolute Gasteiger partial charge is 0.312 e. The molecule has 0 radical (unpaired) electrons. The van der Waals surface area contributed by atoms with E-state index in [4.69, 9.17) is 0 Å². The molecule has 1 unspecified atom stereocenters. The second-order valence-electron chi connectivity index (χ2n) is 4.44. The van der Waals surface area contributed by atoms with Crippen LogP contribution >= 0.6 is 11.8 Å². The van der Waals surface area contributed by atoms with Gasteiger partial charge in [0.15, 0.2) is 9.84 Å². The number of nitrogens with one attached hydrogen (secondary N) is 1. The van der Waals surface area contributed by atoms with E-state index in [1.807, 2.05) is 6.92 Å². The summed E-state index contributed by atoms with van der Waals surface area (Å²) < 4.78 is 22.9. The number of hydrogen-bond donors (Lipinski definition) is 1. The van der Waals surface area contributed by atoms with Crippen LogP contribution in [0.15, 0.2) is 0 Å². The molecule has 5 heteroatoms.